The average Bonchev–Trinajstić information content (AvgIpc) is 2.71. The van der Waals surface area contributed by atoms with E-state index in [0.29, 0.717) is 15.0 Å². The molecule has 2 rings (SSSR count). The number of furan rings is 1. The summed E-state index contributed by atoms with van der Waals surface area (Å²) in [5.74, 6) is 0.998. The standard InChI is InChI=1S/C13H12OSe/c1-11(10-12-6-5-9-14-12)15-13-7-3-2-4-8-13/h2-9H,1,10H2. The van der Waals surface area contributed by atoms with Gasteiger partial charge in [-0.25, -0.2) is 0 Å². The van der Waals surface area contributed by atoms with Crippen LogP contribution in [0.5, 0.6) is 0 Å². The van der Waals surface area contributed by atoms with E-state index in [2.05, 4.69) is 30.8 Å². The number of benzene rings is 1. The molecule has 76 valence electrons. The quantitative estimate of drug-likeness (QED) is 0.772. The van der Waals surface area contributed by atoms with Gasteiger partial charge in [0.1, 0.15) is 0 Å². The molecule has 0 saturated heterocycles. The molecule has 0 aliphatic carbocycles. The van der Waals surface area contributed by atoms with Crippen molar-refractivity contribution in [2.24, 2.45) is 0 Å². The molecule has 0 spiro atoms. The fraction of sp³-hybridized carbons (Fsp3) is 0.0769. The van der Waals surface area contributed by atoms with Crippen LogP contribution in [0.15, 0.2) is 64.2 Å². The summed E-state index contributed by atoms with van der Waals surface area (Å²) < 4.78 is 7.89. The topological polar surface area (TPSA) is 13.1 Å². The van der Waals surface area contributed by atoms with Gasteiger partial charge in [-0.15, -0.1) is 0 Å². The van der Waals surface area contributed by atoms with Crippen LogP contribution in [0.2, 0.25) is 0 Å². The summed E-state index contributed by atoms with van der Waals surface area (Å²) in [6.07, 6.45) is 2.56. The van der Waals surface area contributed by atoms with Gasteiger partial charge < -0.3 is 0 Å². The molecule has 15 heavy (non-hydrogen) atoms. The molecule has 1 heterocycles. The molecule has 0 aliphatic rings. The molecule has 0 N–H and O–H groups in total. The summed E-state index contributed by atoms with van der Waals surface area (Å²) in [5.41, 5.74) is 0. The Morgan fingerprint density at radius 1 is 1.13 bits per heavy atom. The minimum absolute atomic E-state index is 0.341. The summed E-state index contributed by atoms with van der Waals surface area (Å²) in [5, 5.41) is 0. The molecular formula is C13H12OSe. The number of hydrogen-bond acceptors (Lipinski definition) is 1. The van der Waals surface area contributed by atoms with Crippen LogP contribution in [0, 0.1) is 0 Å². The van der Waals surface area contributed by atoms with Crippen LogP contribution < -0.4 is 4.46 Å². The third kappa shape index (κ3) is 3.12. The summed E-state index contributed by atoms with van der Waals surface area (Å²) in [6, 6.07) is 14.4. The zero-order chi connectivity index (χ0) is 10.5. The molecule has 0 radical (unpaired) electrons. The third-order valence-electron chi connectivity index (χ3n) is 1.96. The third-order valence-corrected chi connectivity index (χ3v) is 3.93. The number of allylic oxidation sites excluding steroid dienone is 1. The molecule has 0 atom stereocenters. The van der Waals surface area contributed by atoms with Crippen LogP contribution in [0.25, 0.3) is 0 Å². The van der Waals surface area contributed by atoms with Crippen molar-refractivity contribution >= 4 is 19.4 Å². The predicted octanol–water partition coefficient (Wildman–Crippen LogP) is 2.37. The van der Waals surface area contributed by atoms with Crippen molar-refractivity contribution in [2.45, 2.75) is 6.42 Å². The molecule has 2 heteroatoms. The Morgan fingerprint density at radius 3 is 2.60 bits per heavy atom. The van der Waals surface area contributed by atoms with Crippen molar-refractivity contribution in [3.63, 3.8) is 0 Å². The van der Waals surface area contributed by atoms with Crippen molar-refractivity contribution in [3.05, 3.63) is 65.5 Å². The van der Waals surface area contributed by atoms with Gasteiger partial charge in [-0.1, -0.05) is 0 Å². The fourth-order valence-corrected chi connectivity index (χ4v) is 3.06. The van der Waals surface area contributed by atoms with Gasteiger partial charge in [-0.3, -0.25) is 0 Å². The van der Waals surface area contributed by atoms with Gasteiger partial charge in [-0.2, -0.15) is 0 Å². The van der Waals surface area contributed by atoms with Gasteiger partial charge >= 0.3 is 95.8 Å². The van der Waals surface area contributed by atoms with E-state index in [9.17, 15) is 0 Å². The van der Waals surface area contributed by atoms with E-state index < -0.39 is 0 Å². The van der Waals surface area contributed by atoms with Gasteiger partial charge in [0.25, 0.3) is 0 Å². The minimum atomic E-state index is 0.341. The molecule has 0 amide bonds. The van der Waals surface area contributed by atoms with Gasteiger partial charge in [-0.05, 0) is 0 Å². The maximum absolute atomic E-state index is 5.29. The Balaban J connectivity index is 1.94. The molecule has 0 fully saturated rings. The first-order chi connectivity index (χ1) is 7.34. The molecular weight excluding hydrogens is 251 g/mol. The summed E-state index contributed by atoms with van der Waals surface area (Å²) >= 11 is 0.341. The fourth-order valence-electron chi connectivity index (χ4n) is 1.30. The zero-order valence-electron chi connectivity index (χ0n) is 8.35. The van der Waals surface area contributed by atoms with Gasteiger partial charge in [0, 0.05) is 0 Å². The SMILES string of the molecule is C=C(Cc1ccco1)[Se]c1ccccc1. The van der Waals surface area contributed by atoms with Gasteiger partial charge in [0.05, 0.1) is 0 Å². The normalized spacial score (nSPS) is 10.1. The molecule has 0 saturated carbocycles. The maximum atomic E-state index is 5.29. The van der Waals surface area contributed by atoms with E-state index in [0.717, 1.165) is 12.2 Å². The Morgan fingerprint density at radius 2 is 1.93 bits per heavy atom. The van der Waals surface area contributed by atoms with E-state index in [4.69, 9.17) is 4.42 Å². The van der Waals surface area contributed by atoms with E-state index >= 15 is 0 Å². The van der Waals surface area contributed by atoms with E-state index in [1.807, 2.05) is 18.2 Å². The van der Waals surface area contributed by atoms with Crippen LogP contribution in [0.4, 0.5) is 0 Å². The Kier molecular flexibility index (Phi) is 3.44. The van der Waals surface area contributed by atoms with Crippen LogP contribution in [-0.4, -0.2) is 15.0 Å². The van der Waals surface area contributed by atoms with Crippen LogP contribution in [-0.2, 0) is 6.42 Å². The Labute approximate surface area is 96.0 Å². The van der Waals surface area contributed by atoms with E-state index in [-0.39, 0.29) is 0 Å². The first kappa shape index (κ1) is 10.3. The summed E-state index contributed by atoms with van der Waals surface area (Å²) in [6.45, 7) is 4.09. The van der Waals surface area contributed by atoms with Gasteiger partial charge in [0.15, 0.2) is 0 Å². The average molecular weight is 263 g/mol. The monoisotopic (exact) mass is 264 g/mol. The molecule has 2 aromatic rings. The molecule has 0 bridgehead atoms. The van der Waals surface area contributed by atoms with Gasteiger partial charge in [0.2, 0.25) is 0 Å². The summed E-state index contributed by atoms with van der Waals surface area (Å²) in [7, 11) is 0. The van der Waals surface area contributed by atoms with Crippen molar-refractivity contribution in [2.75, 3.05) is 0 Å². The second kappa shape index (κ2) is 5.01. The molecule has 0 aliphatic heterocycles. The second-order valence-electron chi connectivity index (χ2n) is 3.21. The number of rotatable bonds is 4. The second-order valence-corrected chi connectivity index (χ2v) is 5.84. The van der Waals surface area contributed by atoms with Crippen LogP contribution in [0.3, 0.4) is 0 Å². The number of hydrogen-bond donors (Lipinski definition) is 0. The van der Waals surface area contributed by atoms with E-state index in [1.54, 1.807) is 6.26 Å². The van der Waals surface area contributed by atoms with Crippen molar-refractivity contribution in [1.82, 2.24) is 0 Å². The van der Waals surface area contributed by atoms with E-state index in [1.165, 1.54) is 8.93 Å². The Hall–Kier alpha value is -1.24. The molecule has 1 nitrogen and oxygen atoms in total. The predicted molar refractivity (Wildman–Crippen MR) is 63.4 cm³/mol. The Bertz CT molecular complexity index is 417. The van der Waals surface area contributed by atoms with Crippen molar-refractivity contribution in [3.8, 4) is 0 Å². The zero-order valence-corrected chi connectivity index (χ0v) is 10.1. The first-order valence-electron chi connectivity index (χ1n) is 4.77. The summed E-state index contributed by atoms with van der Waals surface area (Å²) in [4.78, 5) is 0. The van der Waals surface area contributed by atoms with Crippen LogP contribution >= 0.6 is 0 Å². The van der Waals surface area contributed by atoms with Crippen molar-refractivity contribution < 1.29 is 4.42 Å². The van der Waals surface area contributed by atoms with Crippen molar-refractivity contribution in [1.29, 1.82) is 0 Å². The molecule has 1 aromatic carbocycles. The molecule has 1 aromatic heterocycles. The van der Waals surface area contributed by atoms with Crippen LogP contribution in [0.1, 0.15) is 5.76 Å². The first-order valence-corrected chi connectivity index (χ1v) is 6.49. The molecule has 0 unspecified atom stereocenters.